The summed E-state index contributed by atoms with van der Waals surface area (Å²) >= 11 is 8.37. The molecule has 1 unspecified atom stereocenters. The molecule has 7 atom stereocenters. The van der Waals surface area contributed by atoms with E-state index in [9.17, 15) is 19.8 Å². The van der Waals surface area contributed by atoms with Crippen molar-refractivity contribution in [1.82, 2.24) is 15.1 Å². The molecular formula is C21H28ClN3O4S. The predicted octanol–water partition coefficient (Wildman–Crippen LogP) is 1.94. The molecule has 0 aromatic rings. The van der Waals surface area contributed by atoms with E-state index in [2.05, 4.69) is 5.32 Å². The molecule has 4 aliphatic heterocycles. The van der Waals surface area contributed by atoms with Crippen molar-refractivity contribution >= 4 is 35.2 Å². The first kappa shape index (κ1) is 21.7. The highest BCUT2D eigenvalue weighted by Gasteiger charge is 2.60. The summed E-state index contributed by atoms with van der Waals surface area (Å²) in [4.78, 5) is 28.0. The summed E-state index contributed by atoms with van der Waals surface area (Å²) in [5.74, 6) is -2.00. The van der Waals surface area contributed by atoms with E-state index in [1.165, 1.54) is 4.90 Å². The average Bonchev–Trinajstić information content (AvgIpc) is 3.19. The Morgan fingerprint density at radius 1 is 1.47 bits per heavy atom. The normalized spacial score (nSPS) is 38.8. The van der Waals surface area contributed by atoms with Crippen LogP contribution in [-0.4, -0.2) is 73.9 Å². The van der Waals surface area contributed by atoms with Crippen LogP contribution in [0.5, 0.6) is 0 Å². The fourth-order valence-corrected chi connectivity index (χ4v) is 6.90. The van der Waals surface area contributed by atoms with Crippen molar-refractivity contribution in [2.75, 3.05) is 13.6 Å². The molecule has 30 heavy (non-hydrogen) atoms. The van der Waals surface area contributed by atoms with Crippen molar-refractivity contribution in [3.8, 4) is 0 Å². The number of thioether (sulfide) groups is 1. The van der Waals surface area contributed by atoms with Gasteiger partial charge in [0.05, 0.1) is 18.1 Å². The van der Waals surface area contributed by atoms with Crippen LogP contribution in [0.1, 0.15) is 26.7 Å². The summed E-state index contributed by atoms with van der Waals surface area (Å²) in [5, 5.41) is 23.5. The van der Waals surface area contributed by atoms with Gasteiger partial charge in [0.2, 0.25) is 5.91 Å². The average molecular weight is 454 g/mol. The highest BCUT2D eigenvalue weighted by molar-refractivity contribution is 8.03. The number of carboxylic acid groups (broad SMARTS) is 1. The molecule has 0 spiro atoms. The lowest BCUT2D eigenvalue weighted by Crippen LogP contribution is -2.63. The number of halogens is 1. The van der Waals surface area contributed by atoms with E-state index in [-0.39, 0.29) is 34.9 Å². The van der Waals surface area contributed by atoms with Crippen molar-refractivity contribution in [3.05, 3.63) is 35.0 Å². The summed E-state index contributed by atoms with van der Waals surface area (Å²) in [6, 6.07) is -0.0526. The number of carbonyl (C=O) groups excluding carboxylic acids is 1. The van der Waals surface area contributed by atoms with Gasteiger partial charge in [0.1, 0.15) is 10.7 Å². The molecule has 164 valence electrons. The van der Waals surface area contributed by atoms with E-state index in [4.69, 9.17) is 11.6 Å². The van der Waals surface area contributed by atoms with Gasteiger partial charge in [-0.05, 0) is 25.5 Å². The monoisotopic (exact) mass is 453 g/mol. The summed E-state index contributed by atoms with van der Waals surface area (Å²) in [5.41, 5.74) is 0.0942. The third-order valence-electron chi connectivity index (χ3n) is 6.68. The largest absolute Gasteiger partial charge is 0.477 e. The second kappa shape index (κ2) is 7.89. The molecule has 0 aliphatic carbocycles. The topological polar surface area (TPSA) is 93.1 Å². The number of aliphatic hydroxyl groups excluding tert-OH is 1. The van der Waals surface area contributed by atoms with Crippen molar-refractivity contribution in [1.29, 1.82) is 0 Å². The molecule has 3 N–H and O–H groups in total. The molecular weight excluding hydrogens is 426 g/mol. The number of alkyl halides is 1. The van der Waals surface area contributed by atoms with Crippen molar-refractivity contribution in [2.24, 2.45) is 11.8 Å². The van der Waals surface area contributed by atoms with Crippen LogP contribution in [0.4, 0.5) is 0 Å². The van der Waals surface area contributed by atoms with Crippen LogP contribution >= 0.6 is 23.4 Å². The molecule has 9 heteroatoms. The number of allylic oxidation sites excluding steroid dienone is 2. The number of rotatable bonds is 6. The molecule has 7 nitrogen and oxygen atoms in total. The van der Waals surface area contributed by atoms with Gasteiger partial charge in [-0.25, -0.2) is 4.79 Å². The molecule has 2 fully saturated rings. The van der Waals surface area contributed by atoms with E-state index < -0.39 is 23.0 Å². The first-order chi connectivity index (χ1) is 14.1. The first-order valence-corrected chi connectivity index (χ1v) is 11.6. The first-order valence-electron chi connectivity index (χ1n) is 10.3. The minimum Gasteiger partial charge on any atom is -0.477 e. The molecule has 0 aromatic carbocycles. The molecule has 2 saturated heterocycles. The van der Waals surface area contributed by atoms with Gasteiger partial charge >= 0.3 is 5.97 Å². The Labute approximate surface area is 185 Å². The van der Waals surface area contributed by atoms with Crippen LogP contribution in [0.3, 0.4) is 0 Å². The number of carbonyl (C=O) groups is 2. The lowest BCUT2D eigenvalue weighted by atomic mass is 9.79. The molecule has 0 bridgehead atoms. The summed E-state index contributed by atoms with van der Waals surface area (Å²) < 4.78 is 0. The van der Waals surface area contributed by atoms with Gasteiger partial charge in [-0.1, -0.05) is 24.6 Å². The Bertz CT molecular complexity index is 844. The van der Waals surface area contributed by atoms with E-state index in [0.717, 1.165) is 24.3 Å². The minimum absolute atomic E-state index is 0.0942. The molecule has 4 aliphatic rings. The highest BCUT2D eigenvalue weighted by Crippen LogP contribution is 2.52. The predicted molar refractivity (Wildman–Crippen MR) is 117 cm³/mol. The Kier molecular flexibility index (Phi) is 5.72. The number of likely N-dealkylation sites (N-methyl/N-ethyl adjacent to an activating group) is 1. The van der Waals surface area contributed by atoms with Gasteiger partial charge < -0.3 is 25.3 Å². The SMILES string of the molecule is C[C@@H](O)[C@H]1C(=O)N2C(C(=O)O)=C(S[C@@H]3CN[C@H](CC4(Cl)C=CC=CN4C)C3)[C@H](C)[C@H]12. The Hall–Kier alpha value is -1.48. The maximum absolute atomic E-state index is 12.5. The molecule has 0 radical (unpaired) electrons. The summed E-state index contributed by atoms with van der Waals surface area (Å²) in [6.07, 6.45) is 8.68. The van der Waals surface area contributed by atoms with Crippen LogP contribution in [-0.2, 0) is 9.59 Å². The molecule has 4 rings (SSSR count). The summed E-state index contributed by atoms with van der Waals surface area (Å²) in [7, 11) is 1.96. The second-order valence-corrected chi connectivity index (χ2v) is 10.7. The van der Waals surface area contributed by atoms with Crippen molar-refractivity contribution in [3.63, 3.8) is 0 Å². The lowest BCUT2D eigenvalue weighted by Gasteiger charge is -2.46. The van der Waals surface area contributed by atoms with E-state index in [1.807, 2.05) is 43.3 Å². The zero-order chi connectivity index (χ0) is 21.8. The summed E-state index contributed by atoms with van der Waals surface area (Å²) in [6.45, 7) is 4.31. The minimum atomic E-state index is -1.08. The number of nitrogens with zero attached hydrogens (tertiary/aromatic N) is 2. The molecule has 0 saturated carbocycles. The van der Waals surface area contributed by atoms with Gasteiger partial charge in [0.15, 0.2) is 0 Å². The number of amides is 1. The van der Waals surface area contributed by atoms with Crippen LogP contribution in [0, 0.1) is 11.8 Å². The maximum atomic E-state index is 12.5. The fourth-order valence-electron chi connectivity index (χ4n) is 5.07. The molecule has 1 amide bonds. The number of aliphatic hydroxyl groups is 1. The lowest BCUT2D eigenvalue weighted by molar-refractivity contribution is -0.163. The van der Waals surface area contributed by atoms with Gasteiger partial charge in [-0.3, -0.25) is 4.79 Å². The number of hydrogen-bond donors (Lipinski definition) is 3. The Balaban J connectivity index is 1.45. The third kappa shape index (κ3) is 3.47. The van der Waals surface area contributed by atoms with Crippen molar-refractivity contribution < 1.29 is 19.8 Å². The third-order valence-corrected chi connectivity index (χ3v) is 8.74. The van der Waals surface area contributed by atoms with Crippen LogP contribution in [0.25, 0.3) is 0 Å². The Morgan fingerprint density at radius 3 is 2.83 bits per heavy atom. The van der Waals surface area contributed by atoms with E-state index in [1.54, 1.807) is 18.7 Å². The molecule has 0 aromatic heterocycles. The second-order valence-electron chi connectivity index (χ2n) is 8.69. The zero-order valence-corrected chi connectivity index (χ0v) is 18.9. The number of fused-ring (bicyclic) bond motifs is 1. The number of nitrogens with one attached hydrogen (secondary N) is 1. The maximum Gasteiger partial charge on any atom is 0.353 e. The van der Waals surface area contributed by atoms with Crippen molar-refractivity contribution in [2.45, 2.75) is 55.1 Å². The van der Waals surface area contributed by atoms with Crippen LogP contribution < -0.4 is 5.32 Å². The smallest absolute Gasteiger partial charge is 0.353 e. The fraction of sp³-hybridized carbons (Fsp3) is 0.619. The van der Waals surface area contributed by atoms with Crippen LogP contribution in [0.2, 0.25) is 0 Å². The standard InChI is InChI=1S/C21H28ClN3O4S/c1-11-16-15(12(2)26)19(27)25(16)17(20(28)29)18(11)30-14-8-13(23-10-14)9-21(22)6-4-5-7-24(21)3/h4-7,11-16,23,26H,8-10H2,1-3H3,(H,28,29)/t11-,12-,13+,14+,15-,16-,21?/m1/s1. The zero-order valence-electron chi connectivity index (χ0n) is 17.3. The number of carboxylic acids is 1. The van der Waals surface area contributed by atoms with E-state index >= 15 is 0 Å². The van der Waals surface area contributed by atoms with Gasteiger partial charge in [-0.2, -0.15) is 0 Å². The number of β-lactam (4-membered cyclic amide) rings is 1. The Morgan fingerprint density at radius 2 is 2.20 bits per heavy atom. The number of hydrogen-bond acceptors (Lipinski definition) is 6. The van der Waals surface area contributed by atoms with E-state index in [0.29, 0.717) is 0 Å². The van der Waals surface area contributed by atoms with Gasteiger partial charge in [0.25, 0.3) is 0 Å². The van der Waals surface area contributed by atoms with Crippen LogP contribution in [0.15, 0.2) is 35.0 Å². The molecule has 4 heterocycles. The quantitative estimate of drug-likeness (QED) is 0.321. The van der Waals surface area contributed by atoms with Gasteiger partial charge in [-0.15, -0.1) is 11.8 Å². The van der Waals surface area contributed by atoms with Gasteiger partial charge in [0, 0.05) is 48.3 Å². The number of aliphatic carboxylic acids is 1. The highest BCUT2D eigenvalue weighted by atomic mass is 35.5.